The van der Waals surface area contributed by atoms with E-state index in [1.807, 2.05) is 18.2 Å². The van der Waals surface area contributed by atoms with Crippen LogP contribution < -0.4 is 4.90 Å². The Labute approximate surface area is 118 Å². The highest BCUT2D eigenvalue weighted by atomic mass is 79.9. The van der Waals surface area contributed by atoms with Crippen LogP contribution in [0.1, 0.15) is 44.1 Å². The van der Waals surface area contributed by atoms with Crippen molar-refractivity contribution in [3.63, 3.8) is 0 Å². The molecule has 0 radical (unpaired) electrons. The van der Waals surface area contributed by atoms with Crippen LogP contribution >= 0.6 is 15.9 Å². The molecular weight excluding hydrogens is 288 g/mol. The fraction of sp³-hybridized carbons (Fsp3) is 0.533. The maximum Gasteiger partial charge on any atom is 0.0992 e. The molecule has 1 aromatic rings. The summed E-state index contributed by atoms with van der Waals surface area (Å²) < 4.78 is 1.02. The minimum Gasteiger partial charge on any atom is -0.371 e. The standard InChI is InChI=1S/C15H19BrN2/c1-18(13-6-4-2-3-5-7-13)15-9-8-12(11-17)10-14(15)16/h8-10,13H,2-7H2,1H3. The van der Waals surface area contributed by atoms with E-state index in [1.54, 1.807) is 0 Å². The Hall–Kier alpha value is -1.01. The molecule has 1 saturated carbocycles. The second-order valence-corrected chi connectivity index (χ2v) is 5.89. The molecule has 2 nitrogen and oxygen atoms in total. The van der Waals surface area contributed by atoms with Gasteiger partial charge >= 0.3 is 0 Å². The first-order valence-electron chi connectivity index (χ1n) is 6.65. The lowest BCUT2D eigenvalue weighted by Crippen LogP contribution is -2.31. The number of hydrogen-bond acceptors (Lipinski definition) is 2. The number of halogens is 1. The summed E-state index contributed by atoms with van der Waals surface area (Å²) in [5, 5.41) is 8.89. The Morgan fingerprint density at radius 1 is 1.22 bits per heavy atom. The predicted molar refractivity (Wildman–Crippen MR) is 78.8 cm³/mol. The Morgan fingerprint density at radius 2 is 1.89 bits per heavy atom. The van der Waals surface area contributed by atoms with Gasteiger partial charge in [0.25, 0.3) is 0 Å². The molecule has 1 aliphatic rings. The molecular formula is C15H19BrN2. The van der Waals surface area contributed by atoms with Gasteiger partial charge in [-0.05, 0) is 47.0 Å². The van der Waals surface area contributed by atoms with E-state index in [1.165, 1.54) is 44.2 Å². The Kier molecular flexibility index (Phi) is 4.66. The minimum atomic E-state index is 0.636. The molecule has 1 aromatic carbocycles. The van der Waals surface area contributed by atoms with Crippen molar-refractivity contribution in [2.45, 2.75) is 44.6 Å². The third kappa shape index (κ3) is 3.05. The van der Waals surface area contributed by atoms with Gasteiger partial charge in [-0.2, -0.15) is 5.26 Å². The average molecular weight is 307 g/mol. The van der Waals surface area contributed by atoms with E-state index in [0.29, 0.717) is 11.6 Å². The quantitative estimate of drug-likeness (QED) is 0.753. The van der Waals surface area contributed by atoms with Crippen molar-refractivity contribution in [2.24, 2.45) is 0 Å². The zero-order valence-corrected chi connectivity index (χ0v) is 12.4. The van der Waals surface area contributed by atoms with Crippen molar-refractivity contribution in [1.29, 1.82) is 5.26 Å². The van der Waals surface area contributed by atoms with Crippen molar-refractivity contribution in [2.75, 3.05) is 11.9 Å². The van der Waals surface area contributed by atoms with Gasteiger partial charge in [0.05, 0.1) is 17.3 Å². The summed E-state index contributed by atoms with van der Waals surface area (Å²) in [6, 6.07) is 8.66. The number of benzene rings is 1. The van der Waals surface area contributed by atoms with Crippen LogP contribution in [0.25, 0.3) is 0 Å². The average Bonchev–Trinajstić information content (AvgIpc) is 2.66. The summed E-state index contributed by atoms with van der Waals surface area (Å²) in [5.74, 6) is 0. The first-order valence-corrected chi connectivity index (χ1v) is 7.44. The first-order chi connectivity index (χ1) is 8.72. The number of rotatable bonds is 2. The van der Waals surface area contributed by atoms with Gasteiger partial charge in [0.2, 0.25) is 0 Å². The molecule has 3 heteroatoms. The summed E-state index contributed by atoms with van der Waals surface area (Å²) in [6.07, 6.45) is 7.98. The highest BCUT2D eigenvalue weighted by Crippen LogP contribution is 2.31. The highest BCUT2D eigenvalue weighted by Gasteiger charge is 2.18. The molecule has 0 aromatic heterocycles. The molecule has 18 heavy (non-hydrogen) atoms. The third-order valence-corrected chi connectivity index (χ3v) is 4.46. The molecule has 0 aliphatic heterocycles. The largest absolute Gasteiger partial charge is 0.371 e. The Balaban J connectivity index is 2.17. The van der Waals surface area contributed by atoms with Gasteiger partial charge in [-0.25, -0.2) is 0 Å². The molecule has 2 rings (SSSR count). The highest BCUT2D eigenvalue weighted by molar-refractivity contribution is 9.10. The lowest BCUT2D eigenvalue weighted by atomic mass is 10.1. The monoisotopic (exact) mass is 306 g/mol. The normalized spacial score (nSPS) is 16.9. The summed E-state index contributed by atoms with van der Waals surface area (Å²) >= 11 is 3.58. The van der Waals surface area contributed by atoms with E-state index < -0.39 is 0 Å². The molecule has 0 heterocycles. The maximum atomic E-state index is 8.89. The number of hydrogen-bond donors (Lipinski definition) is 0. The zero-order valence-electron chi connectivity index (χ0n) is 10.8. The Bertz CT molecular complexity index is 442. The molecule has 0 unspecified atom stereocenters. The molecule has 0 bridgehead atoms. The summed E-state index contributed by atoms with van der Waals surface area (Å²) in [7, 11) is 2.17. The van der Waals surface area contributed by atoms with Gasteiger partial charge < -0.3 is 4.90 Å². The first kappa shape index (κ1) is 13.4. The van der Waals surface area contributed by atoms with Crippen molar-refractivity contribution < 1.29 is 0 Å². The fourth-order valence-electron chi connectivity index (χ4n) is 2.70. The van der Waals surface area contributed by atoms with Gasteiger partial charge in [0.1, 0.15) is 0 Å². The van der Waals surface area contributed by atoms with Crippen molar-refractivity contribution in [3.8, 4) is 6.07 Å². The maximum absolute atomic E-state index is 8.89. The van der Waals surface area contributed by atoms with Gasteiger partial charge in [0, 0.05) is 17.6 Å². The molecule has 0 saturated heterocycles. The molecule has 0 spiro atoms. The van der Waals surface area contributed by atoms with E-state index in [9.17, 15) is 0 Å². The molecule has 0 N–H and O–H groups in total. The predicted octanol–water partition coefficient (Wildman–Crippen LogP) is 4.48. The van der Waals surface area contributed by atoms with E-state index in [-0.39, 0.29) is 0 Å². The van der Waals surface area contributed by atoms with E-state index in [0.717, 1.165) is 4.47 Å². The van der Waals surface area contributed by atoms with Crippen LogP contribution in [0.4, 0.5) is 5.69 Å². The van der Waals surface area contributed by atoms with Crippen molar-refractivity contribution in [3.05, 3.63) is 28.2 Å². The second-order valence-electron chi connectivity index (χ2n) is 5.03. The SMILES string of the molecule is CN(c1ccc(C#N)cc1Br)C1CCCCCC1. The summed E-state index contributed by atoms with van der Waals surface area (Å²) in [4.78, 5) is 2.37. The minimum absolute atomic E-state index is 0.636. The lowest BCUT2D eigenvalue weighted by Gasteiger charge is -2.30. The van der Waals surface area contributed by atoms with Gasteiger partial charge in [0.15, 0.2) is 0 Å². The third-order valence-electron chi connectivity index (χ3n) is 3.83. The van der Waals surface area contributed by atoms with Gasteiger partial charge in [-0.3, -0.25) is 0 Å². The number of nitrogens with zero attached hydrogens (tertiary/aromatic N) is 2. The van der Waals surface area contributed by atoms with Crippen molar-refractivity contribution in [1.82, 2.24) is 0 Å². The molecule has 1 aliphatic carbocycles. The molecule has 0 atom stereocenters. The van der Waals surface area contributed by atoms with Crippen LogP contribution in [0.15, 0.2) is 22.7 Å². The molecule has 1 fully saturated rings. The van der Waals surface area contributed by atoms with Gasteiger partial charge in [-0.15, -0.1) is 0 Å². The Morgan fingerprint density at radius 3 is 2.44 bits per heavy atom. The lowest BCUT2D eigenvalue weighted by molar-refractivity contribution is 0.552. The summed E-state index contributed by atoms with van der Waals surface area (Å²) in [6.45, 7) is 0. The van der Waals surface area contributed by atoms with Crippen LogP contribution in [-0.2, 0) is 0 Å². The van der Waals surface area contributed by atoms with Crippen molar-refractivity contribution >= 4 is 21.6 Å². The molecule has 0 amide bonds. The fourth-order valence-corrected chi connectivity index (χ4v) is 3.36. The second kappa shape index (κ2) is 6.24. The van der Waals surface area contributed by atoms with Crippen LogP contribution in [0.5, 0.6) is 0 Å². The van der Waals surface area contributed by atoms with E-state index >= 15 is 0 Å². The smallest absolute Gasteiger partial charge is 0.0992 e. The van der Waals surface area contributed by atoms with Crippen LogP contribution in [0.2, 0.25) is 0 Å². The van der Waals surface area contributed by atoms with E-state index in [2.05, 4.69) is 33.9 Å². The van der Waals surface area contributed by atoms with Crippen LogP contribution in [0.3, 0.4) is 0 Å². The number of nitriles is 1. The van der Waals surface area contributed by atoms with Crippen LogP contribution in [-0.4, -0.2) is 13.1 Å². The van der Waals surface area contributed by atoms with Crippen LogP contribution in [0, 0.1) is 11.3 Å². The molecule has 96 valence electrons. The summed E-state index contributed by atoms with van der Waals surface area (Å²) in [5.41, 5.74) is 1.90. The topological polar surface area (TPSA) is 27.0 Å². The van der Waals surface area contributed by atoms with Gasteiger partial charge in [-0.1, -0.05) is 25.7 Å². The van der Waals surface area contributed by atoms with E-state index in [4.69, 9.17) is 5.26 Å². The zero-order chi connectivity index (χ0) is 13.0. The number of anilines is 1.